The Hall–Kier alpha value is -2.96. The predicted octanol–water partition coefficient (Wildman–Crippen LogP) is 2.23. The molecule has 0 spiro atoms. The Kier molecular flexibility index (Phi) is 4.13. The second-order valence-corrected chi connectivity index (χ2v) is 4.24. The van der Waals surface area contributed by atoms with Crippen LogP contribution in [0.3, 0.4) is 0 Å². The summed E-state index contributed by atoms with van der Waals surface area (Å²) in [6, 6.07) is 6.82. The molecule has 1 aromatic carbocycles. The van der Waals surface area contributed by atoms with E-state index in [0.29, 0.717) is 17.1 Å². The zero-order chi connectivity index (χ0) is 15.4. The number of aromatic nitrogens is 2. The van der Waals surface area contributed by atoms with Gasteiger partial charge in [-0.2, -0.15) is 4.98 Å². The van der Waals surface area contributed by atoms with E-state index in [0.717, 1.165) is 0 Å². The molecular weight excluding hydrogens is 274 g/mol. The predicted molar refractivity (Wildman–Crippen MR) is 74.5 cm³/mol. The third-order valence-corrected chi connectivity index (χ3v) is 2.59. The highest BCUT2D eigenvalue weighted by Crippen LogP contribution is 2.27. The Bertz CT molecular complexity index is 700. The van der Waals surface area contributed by atoms with Gasteiger partial charge in [0.05, 0.1) is 16.9 Å². The molecule has 0 bridgehead atoms. The molecule has 1 heterocycles. The van der Waals surface area contributed by atoms with E-state index in [1.54, 1.807) is 31.2 Å². The number of hydrogen-bond donors (Lipinski definition) is 2. The number of carbonyl (C=O) groups is 2. The molecule has 21 heavy (non-hydrogen) atoms. The average molecular weight is 287 g/mol. The van der Waals surface area contributed by atoms with Crippen molar-refractivity contribution in [3.05, 3.63) is 41.7 Å². The van der Waals surface area contributed by atoms with E-state index in [9.17, 15) is 9.59 Å². The van der Waals surface area contributed by atoms with Crippen LogP contribution < -0.4 is 10.1 Å². The number of aryl methyl sites for hydroxylation is 1. The number of ether oxygens (including phenoxy) is 1. The molecule has 0 unspecified atom stereocenters. The molecule has 7 nitrogen and oxygen atoms in total. The van der Waals surface area contributed by atoms with Crippen molar-refractivity contribution in [2.24, 2.45) is 0 Å². The smallest absolute Gasteiger partial charge is 0.339 e. The van der Waals surface area contributed by atoms with Crippen molar-refractivity contribution >= 4 is 17.6 Å². The van der Waals surface area contributed by atoms with Crippen molar-refractivity contribution in [1.29, 1.82) is 0 Å². The summed E-state index contributed by atoms with van der Waals surface area (Å²) in [5.41, 5.74) is 0.788. The van der Waals surface area contributed by atoms with Crippen LogP contribution in [-0.2, 0) is 4.79 Å². The topological polar surface area (TPSA) is 101 Å². The van der Waals surface area contributed by atoms with Gasteiger partial charge in [0.25, 0.3) is 0 Å². The van der Waals surface area contributed by atoms with Crippen LogP contribution in [0, 0.1) is 6.92 Å². The van der Waals surface area contributed by atoms with E-state index < -0.39 is 5.97 Å². The number of carbonyl (C=O) groups excluding carboxylic acids is 1. The molecule has 0 atom stereocenters. The quantitative estimate of drug-likeness (QED) is 0.894. The second kappa shape index (κ2) is 6.00. The van der Waals surface area contributed by atoms with Crippen LogP contribution in [0.25, 0.3) is 0 Å². The second-order valence-electron chi connectivity index (χ2n) is 4.24. The van der Waals surface area contributed by atoms with Gasteiger partial charge in [-0.25, -0.2) is 9.78 Å². The third-order valence-electron chi connectivity index (χ3n) is 2.59. The minimum atomic E-state index is -1.10. The number of para-hydroxylation sites is 2. The van der Waals surface area contributed by atoms with Crippen LogP contribution in [0.4, 0.5) is 5.69 Å². The molecule has 0 fully saturated rings. The van der Waals surface area contributed by atoms with Crippen molar-refractivity contribution < 1.29 is 19.4 Å². The van der Waals surface area contributed by atoms with Crippen LogP contribution in [0.2, 0.25) is 0 Å². The highest BCUT2D eigenvalue weighted by molar-refractivity contribution is 5.90. The van der Waals surface area contributed by atoms with Crippen molar-refractivity contribution in [1.82, 2.24) is 9.97 Å². The fourth-order valence-corrected chi connectivity index (χ4v) is 1.65. The average Bonchev–Trinajstić information content (AvgIpc) is 2.40. The monoisotopic (exact) mass is 287 g/mol. The first-order valence-corrected chi connectivity index (χ1v) is 6.09. The van der Waals surface area contributed by atoms with E-state index in [1.807, 2.05) is 0 Å². The van der Waals surface area contributed by atoms with Gasteiger partial charge in [0.1, 0.15) is 0 Å². The maximum Gasteiger partial charge on any atom is 0.339 e. The Balaban J connectivity index is 2.28. The number of carboxylic acid groups (broad SMARTS) is 1. The van der Waals surface area contributed by atoms with E-state index in [-0.39, 0.29) is 17.5 Å². The van der Waals surface area contributed by atoms with E-state index >= 15 is 0 Å². The lowest BCUT2D eigenvalue weighted by atomic mass is 10.2. The molecule has 7 heteroatoms. The molecule has 0 aliphatic carbocycles. The first-order valence-electron chi connectivity index (χ1n) is 6.09. The number of anilines is 1. The highest BCUT2D eigenvalue weighted by Gasteiger charge is 2.12. The molecule has 2 aromatic rings. The van der Waals surface area contributed by atoms with E-state index in [4.69, 9.17) is 9.84 Å². The number of hydrogen-bond acceptors (Lipinski definition) is 5. The van der Waals surface area contributed by atoms with Crippen LogP contribution in [0.5, 0.6) is 11.8 Å². The van der Waals surface area contributed by atoms with Gasteiger partial charge < -0.3 is 15.2 Å². The molecule has 108 valence electrons. The SMILES string of the molecule is CC(=O)Nc1ccccc1Oc1ncc(C(=O)O)c(C)n1. The molecule has 2 N–H and O–H groups in total. The minimum Gasteiger partial charge on any atom is -0.478 e. The van der Waals surface area contributed by atoms with Gasteiger partial charge in [0.15, 0.2) is 5.75 Å². The highest BCUT2D eigenvalue weighted by atomic mass is 16.5. The van der Waals surface area contributed by atoms with E-state index in [2.05, 4.69) is 15.3 Å². The Morgan fingerprint density at radius 3 is 2.62 bits per heavy atom. The molecule has 1 amide bonds. The summed E-state index contributed by atoms with van der Waals surface area (Å²) < 4.78 is 5.50. The fourth-order valence-electron chi connectivity index (χ4n) is 1.65. The number of benzene rings is 1. The van der Waals surface area contributed by atoms with Gasteiger partial charge in [-0.05, 0) is 19.1 Å². The molecule has 0 aliphatic rings. The van der Waals surface area contributed by atoms with Crippen LogP contribution in [-0.4, -0.2) is 27.0 Å². The van der Waals surface area contributed by atoms with Gasteiger partial charge >= 0.3 is 12.0 Å². The van der Waals surface area contributed by atoms with Gasteiger partial charge in [0.2, 0.25) is 5.91 Å². The molecule has 2 rings (SSSR count). The minimum absolute atomic E-state index is 0.00954. The summed E-state index contributed by atoms with van der Waals surface area (Å²) in [5.74, 6) is -0.961. The van der Waals surface area contributed by atoms with Crippen molar-refractivity contribution in [2.45, 2.75) is 13.8 Å². The van der Waals surface area contributed by atoms with Gasteiger partial charge in [0, 0.05) is 13.1 Å². The maximum atomic E-state index is 11.1. The summed E-state index contributed by atoms with van der Waals surface area (Å²) in [7, 11) is 0. The van der Waals surface area contributed by atoms with Gasteiger partial charge in [-0.15, -0.1) is 0 Å². The summed E-state index contributed by atoms with van der Waals surface area (Å²) in [6.07, 6.45) is 1.18. The Morgan fingerprint density at radius 2 is 2.00 bits per heavy atom. The summed E-state index contributed by atoms with van der Waals surface area (Å²) in [4.78, 5) is 29.9. The number of amides is 1. The first kappa shape index (κ1) is 14.4. The van der Waals surface area contributed by atoms with Crippen molar-refractivity contribution in [3.8, 4) is 11.8 Å². The molecule has 1 aromatic heterocycles. The van der Waals surface area contributed by atoms with Crippen LogP contribution in [0.15, 0.2) is 30.5 Å². The normalized spacial score (nSPS) is 10.0. The number of nitrogens with one attached hydrogen (secondary N) is 1. The largest absolute Gasteiger partial charge is 0.478 e. The molecule has 0 saturated heterocycles. The van der Waals surface area contributed by atoms with Gasteiger partial charge in [-0.3, -0.25) is 4.79 Å². The van der Waals surface area contributed by atoms with Crippen LogP contribution >= 0.6 is 0 Å². The van der Waals surface area contributed by atoms with Gasteiger partial charge in [-0.1, -0.05) is 12.1 Å². The Morgan fingerprint density at radius 1 is 1.29 bits per heavy atom. The maximum absolute atomic E-state index is 11.1. The number of aromatic carboxylic acids is 1. The lowest BCUT2D eigenvalue weighted by Crippen LogP contribution is -2.08. The lowest BCUT2D eigenvalue weighted by molar-refractivity contribution is -0.114. The van der Waals surface area contributed by atoms with Crippen molar-refractivity contribution in [2.75, 3.05) is 5.32 Å². The van der Waals surface area contributed by atoms with Crippen LogP contribution in [0.1, 0.15) is 23.0 Å². The molecular formula is C14H13N3O4. The standard InChI is InChI=1S/C14H13N3O4/c1-8-10(13(19)20)7-15-14(16-8)21-12-6-4-3-5-11(12)17-9(2)18/h3-7H,1-2H3,(H,17,18)(H,19,20). The van der Waals surface area contributed by atoms with Crippen molar-refractivity contribution in [3.63, 3.8) is 0 Å². The van der Waals surface area contributed by atoms with E-state index in [1.165, 1.54) is 13.1 Å². The zero-order valence-corrected chi connectivity index (χ0v) is 11.5. The Labute approximate surface area is 120 Å². The summed E-state index contributed by atoms with van der Waals surface area (Å²) in [6.45, 7) is 2.94. The third kappa shape index (κ3) is 3.53. The molecule has 0 aliphatic heterocycles. The molecule has 0 radical (unpaired) electrons. The number of nitrogens with zero attached hydrogens (tertiary/aromatic N) is 2. The summed E-state index contributed by atoms with van der Waals surface area (Å²) >= 11 is 0. The summed E-state index contributed by atoms with van der Waals surface area (Å²) in [5, 5.41) is 11.5. The number of rotatable bonds is 4. The molecule has 0 saturated carbocycles. The zero-order valence-electron chi connectivity index (χ0n) is 11.5. The lowest BCUT2D eigenvalue weighted by Gasteiger charge is -2.10. The fraction of sp³-hybridized carbons (Fsp3) is 0.143. The first-order chi connectivity index (χ1) is 9.97. The number of carboxylic acids is 1.